The minimum atomic E-state index is -0.460. The summed E-state index contributed by atoms with van der Waals surface area (Å²) in [4.78, 5) is 28.7. The molecule has 0 N–H and O–H groups in total. The van der Waals surface area contributed by atoms with E-state index in [-0.39, 0.29) is 12.5 Å². The predicted octanol–water partition coefficient (Wildman–Crippen LogP) is 2.19. The number of fused-ring (bicyclic) bond motifs is 1. The van der Waals surface area contributed by atoms with Crippen LogP contribution in [0, 0.1) is 0 Å². The fraction of sp³-hybridized carbons (Fsp3) is 0.250. The Morgan fingerprint density at radius 1 is 1.47 bits per heavy atom. The van der Waals surface area contributed by atoms with Gasteiger partial charge in [0.2, 0.25) is 0 Å². The number of esters is 1. The number of hydrogen-bond donors (Lipinski definition) is 0. The molecule has 19 heavy (non-hydrogen) atoms. The molecule has 0 atom stereocenters. The van der Waals surface area contributed by atoms with Crippen LogP contribution < -0.4 is 0 Å². The van der Waals surface area contributed by atoms with Crippen LogP contribution in [-0.4, -0.2) is 42.5 Å². The number of likely N-dealkylation sites (N-methyl/N-ethyl adjacent to an activating group) is 1. The summed E-state index contributed by atoms with van der Waals surface area (Å²) >= 11 is 7.12. The van der Waals surface area contributed by atoms with E-state index in [4.69, 9.17) is 11.6 Å². The van der Waals surface area contributed by atoms with Crippen molar-refractivity contribution in [1.82, 2.24) is 9.88 Å². The van der Waals surface area contributed by atoms with E-state index < -0.39 is 5.97 Å². The number of benzene rings is 1. The lowest BCUT2D eigenvalue weighted by atomic mass is 10.2. The summed E-state index contributed by atoms with van der Waals surface area (Å²) in [6, 6.07) is 5.11. The zero-order valence-corrected chi connectivity index (χ0v) is 11.9. The minimum Gasteiger partial charge on any atom is -0.468 e. The summed E-state index contributed by atoms with van der Waals surface area (Å²) in [5.41, 5.74) is 1.24. The Labute approximate surface area is 118 Å². The van der Waals surface area contributed by atoms with Crippen molar-refractivity contribution in [3.63, 3.8) is 0 Å². The highest BCUT2D eigenvalue weighted by atomic mass is 35.5. The zero-order chi connectivity index (χ0) is 14.0. The first-order valence-corrected chi connectivity index (χ1v) is 6.59. The van der Waals surface area contributed by atoms with Crippen LogP contribution in [0.2, 0.25) is 4.47 Å². The van der Waals surface area contributed by atoms with Gasteiger partial charge in [-0.05, 0) is 18.2 Å². The Bertz CT molecular complexity index is 641. The van der Waals surface area contributed by atoms with Crippen LogP contribution in [0.25, 0.3) is 10.2 Å². The van der Waals surface area contributed by atoms with Gasteiger partial charge in [0.05, 0.1) is 17.3 Å². The van der Waals surface area contributed by atoms with Gasteiger partial charge in [0.1, 0.15) is 6.54 Å². The molecule has 1 amide bonds. The quantitative estimate of drug-likeness (QED) is 0.815. The molecule has 100 valence electrons. The highest BCUT2D eigenvalue weighted by Crippen LogP contribution is 2.26. The summed E-state index contributed by atoms with van der Waals surface area (Å²) in [6.45, 7) is -0.0865. The third kappa shape index (κ3) is 3.02. The van der Waals surface area contributed by atoms with E-state index in [0.717, 1.165) is 10.2 Å². The van der Waals surface area contributed by atoms with Gasteiger partial charge in [-0.1, -0.05) is 11.6 Å². The van der Waals surface area contributed by atoms with Gasteiger partial charge in [0.15, 0.2) is 4.47 Å². The first-order valence-electron chi connectivity index (χ1n) is 5.39. The second-order valence-corrected chi connectivity index (χ2v) is 5.50. The van der Waals surface area contributed by atoms with Crippen LogP contribution >= 0.6 is 22.9 Å². The van der Waals surface area contributed by atoms with Gasteiger partial charge in [-0.2, -0.15) is 0 Å². The fourth-order valence-electron chi connectivity index (χ4n) is 1.58. The topological polar surface area (TPSA) is 59.5 Å². The summed E-state index contributed by atoms with van der Waals surface area (Å²) in [7, 11) is 2.83. The predicted molar refractivity (Wildman–Crippen MR) is 73.6 cm³/mol. The zero-order valence-electron chi connectivity index (χ0n) is 10.3. The van der Waals surface area contributed by atoms with Gasteiger partial charge >= 0.3 is 5.97 Å². The molecule has 0 bridgehead atoms. The van der Waals surface area contributed by atoms with Gasteiger partial charge < -0.3 is 9.64 Å². The monoisotopic (exact) mass is 298 g/mol. The third-order valence-corrected chi connectivity index (χ3v) is 3.67. The average Bonchev–Trinajstić information content (AvgIpc) is 2.76. The molecule has 1 aromatic heterocycles. The van der Waals surface area contributed by atoms with Crippen LogP contribution in [0.4, 0.5) is 0 Å². The molecule has 0 aliphatic carbocycles. The van der Waals surface area contributed by atoms with Crippen LogP contribution in [0.5, 0.6) is 0 Å². The number of halogens is 1. The number of amides is 1. The Balaban J connectivity index is 2.23. The number of rotatable bonds is 3. The molecule has 1 aromatic carbocycles. The molecule has 0 unspecified atom stereocenters. The molecular formula is C12H11ClN2O3S. The number of ether oxygens (including phenoxy) is 1. The molecule has 0 aliphatic heterocycles. The summed E-state index contributed by atoms with van der Waals surface area (Å²) in [5, 5.41) is 0. The number of aromatic nitrogens is 1. The third-order valence-electron chi connectivity index (χ3n) is 2.55. The van der Waals surface area contributed by atoms with E-state index in [1.807, 2.05) is 0 Å². The largest absolute Gasteiger partial charge is 0.468 e. The lowest BCUT2D eigenvalue weighted by molar-refractivity contribution is -0.141. The van der Waals surface area contributed by atoms with E-state index in [1.165, 1.54) is 23.3 Å². The smallest absolute Gasteiger partial charge is 0.325 e. The summed E-state index contributed by atoms with van der Waals surface area (Å²) in [5.74, 6) is -0.713. The first kappa shape index (κ1) is 13.8. The van der Waals surface area contributed by atoms with Crippen molar-refractivity contribution >= 4 is 45.0 Å². The minimum absolute atomic E-state index is 0.0865. The maximum absolute atomic E-state index is 12.1. The number of nitrogens with zero attached hydrogens (tertiary/aromatic N) is 2. The van der Waals surface area contributed by atoms with Crippen molar-refractivity contribution in [1.29, 1.82) is 0 Å². The van der Waals surface area contributed by atoms with E-state index in [1.54, 1.807) is 25.2 Å². The van der Waals surface area contributed by atoms with Crippen LogP contribution in [-0.2, 0) is 9.53 Å². The van der Waals surface area contributed by atoms with Crippen molar-refractivity contribution in [2.75, 3.05) is 20.7 Å². The highest BCUT2D eigenvalue weighted by molar-refractivity contribution is 7.22. The molecule has 0 fully saturated rings. The number of carbonyl (C=O) groups is 2. The molecule has 5 nitrogen and oxygen atoms in total. The second kappa shape index (κ2) is 5.54. The SMILES string of the molecule is COC(=O)CN(C)C(=O)c1ccc2nc(Cl)sc2c1. The first-order chi connectivity index (χ1) is 9.01. The molecule has 2 aromatic rings. The highest BCUT2D eigenvalue weighted by Gasteiger charge is 2.16. The number of carbonyl (C=O) groups excluding carboxylic acids is 2. The van der Waals surface area contributed by atoms with Crippen LogP contribution in [0.3, 0.4) is 0 Å². The van der Waals surface area contributed by atoms with E-state index in [9.17, 15) is 9.59 Å². The number of thiazole rings is 1. The summed E-state index contributed by atoms with van der Waals surface area (Å²) in [6.07, 6.45) is 0. The van der Waals surface area contributed by atoms with E-state index in [2.05, 4.69) is 9.72 Å². The molecule has 0 radical (unpaired) electrons. The van der Waals surface area contributed by atoms with Crippen molar-refractivity contribution < 1.29 is 14.3 Å². The van der Waals surface area contributed by atoms with E-state index >= 15 is 0 Å². The molecule has 7 heteroatoms. The van der Waals surface area contributed by atoms with E-state index in [0.29, 0.717) is 10.0 Å². The van der Waals surface area contributed by atoms with Gasteiger partial charge in [-0.3, -0.25) is 9.59 Å². The average molecular weight is 299 g/mol. The standard InChI is InChI=1S/C12H11ClN2O3S/c1-15(6-10(16)18-2)11(17)7-3-4-8-9(5-7)19-12(13)14-8/h3-5H,6H2,1-2H3. The molecular weight excluding hydrogens is 288 g/mol. The fourth-order valence-corrected chi connectivity index (χ4v) is 2.65. The summed E-state index contributed by atoms with van der Waals surface area (Å²) < 4.78 is 5.79. The van der Waals surface area contributed by atoms with Crippen molar-refractivity contribution in [2.45, 2.75) is 0 Å². The normalized spacial score (nSPS) is 10.5. The Morgan fingerprint density at radius 3 is 2.89 bits per heavy atom. The van der Waals surface area contributed by atoms with Crippen LogP contribution in [0.1, 0.15) is 10.4 Å². The maximum atomic E-state index is 12.1. The maximum Gasteiger partial charge on any atom is 0.325 e. The van der Waals surface area contributed by atoms with Gasteiger partial charge in [-0.25, -0.2) is 4.98 Å². The molecule has 1 heterocycles. The molecule has 0 aliphatic rings. The Kier molecular flexibility index (Phi) is 4.01. The molecule has 0 saturated carbocycles. The Hall–Kier alpha value is -1.66. The van der Waals surface area contributed by atoms with Crippen molar-refractivity contribution in [2.24, 2.45) is 0 Å². The van der Waals surface area contributed by atoms with Crippen LogP contribution in [0.15, 0.2) is 18.2 Å². The molecule has 0 saturated heterocycles. The van der Waals surface area contributed by atoms with Crippen molar-refractivity contribution in [3.05, 3.63) is 28.2 Å². The number of methoxy groups -OCH3 is 1. The van der Waals surface area contributed by atoms with Gasteiger partial charge in [-0.15, -0.1) is 11.3 Å². The van der Waals surface area contributed by atoms with Crippen molar-refractivity contribution in [3.8, 4) is 0 Å². The lowest BCUT2D eigenvalue weighted by Gasteiger charge is -2.15. The Morgan fingerprint density at radius 2 is 2.21 bits per heavy atom. The van der Waals surface area contributed by atoms with Gasteiger partial charge in [0.25, 0.3) is 5.91 Å². The lowest BCUT2D eigenvalue weighted by Crippen LogP contribution is -2.32. The second-order valence-electron chi connectivity index (χ2n) is 3.89. The number of hydrogen-bond acceptors (Lipinski definition) is 5. The van der Waals surface area contributed by atoms with Gasteiger partial charge in [0, 0.05) is 12.6 Å². The molecule has 2 rings (SSSR count). The molecule has 0 spiro atoms.